The SMILES string of the molecule is O=C1COc2cc([B-](F)(F)F)ccc2N1. The van der Waals surface area contributed by atoms with Gasteiger partial charge in [0, 0.05) is 0 Å². The molecule has 0 saturated carbocycles. The second kappa shape index (κ2) is 3.18. The van der Waals surface area contributed by atoms with E-state index in [9.17, 15) is 17.7 Å². The van der Waals surface area contributed by atoms with Gasteiger partial charge in [-0.25, -0.2) is 0 Å². The second-order valence-electron chi connectivity index (χ2n) is 3.17. The molecule has 0 fully saturated rings. The predicted molar refractivity (Wildman–Crippen MR) is 49.3 cm³/mol. The first-order chi connectivity index (χ1) is 6.97. The van der Waals surface area contributed by atoms with E-state index in [1.54, 1.807) is 0 Å². The van der Waals surface area contributed by atoms with Gasteiger partial charge in [-0.2, -0.15) is 0 Å². The molecule has 0 spiro atoms. The number of hydrogen-bond donors (Lipinski definition) is 1. The molecule has 15 heavy (non-hydrogen) atoms. The van der Waals surface area contributed by atoms with Crippen molar-refractivity contribution in [3.8, 4) is 5.75 Å². The minimum atomic E-state index is -5.03. The Hall–Kier alpha value is -1.66. The molecule has 1 N–H and O–H groups in total. The molecule has 2 rings (SSSR count). The third kappa shape index (κ3) is 1.90. The summed E-state index contributed by atoms with van der Waals surface area (Å²) < 4.78 is 41.9. The van der Waals surface area contributed by atoms with Gasteiger partial charge < -0.3 is 23.0 Å². The second-order valence-corrected chi connectivity index (χ2v) is 3.17. The quantitative estimate of drug-likeness (QED) is 0.713. The molecule has 1 heterocycles. The Morgan fingerprint density at radius 1 is 1.33 bits per heavy atom. The lowest BCUT2D eigenvalue weighted by Crippen LogP contribution is -2.35. The Kier molecular flexibility index (Phi) is 2.10. The number of ether oxygens (including phenoxy) is 1. The van der Waals surface area contributed by atoms with Gasteiger partial charge in [-0.15, -0.1) is 5.46 Å². The number of anilines is 1. The van der Waals surface area contributed by atoms with Crippen molar-refractivity contribution in [1.29, 1.82) is 0 Å². The summed E-state index contributed by atoms with van der Waals surface area (Å²) in [6, 6.07) is 3.01. The van der Waals surface area contributed by atoms with E-state index in [1.165, 1.54) is 6.07 Å². The molecule has 0 atom stereocenters. The van der Waals surface area contributed by atoms with Crippen LogP contribution in [0, 0.1) is 0 Å². The Morgan fingerprint density at radius 2 is 2.07 bits per heavy atom. The van der Waals surface area contributed by atoms with Crippen molar-refractivity contribution in [1.82, 2.24) is 0 Å². The first-order valence-electron chi connectivity index (χ1n) is 4.23. The van der Waals surface area contributed by atoms with Crippen LogP contribution in [-0.4, -0.2) is 19.5 Å². The fraction of sp³-hybridized carbons (Fsp3) is 0.125. The fourth-order valence-corrected chi connectivity index (χ4v) is 1.29. The van der Waals surface area contributed by atoms with Crippen molar-refractivity contribution >= 4 is 24.0 Å². The number of fused-ring (bicyclic) bond motifs is 1. The van der Waals surface area contributed by atoms with Crippen molar-refractivity contribution in [3.63, 3.8) is 0 Å². The molecule has 0 unspecified atom stereocenters. The zero-order valence-corrected chi connectivity index (χ0v) is 7.47. The molecule has 0 aliphatic carbocycles. The number of benzene rings is 1. The van der Waals surface area contributed by atoms with Crippen LogP contribution < -0.4 is 15.5 Å². The van der Waals surface area contributed by atoms with Crippen LogP contribution in [0.25, 0.3) is 0 Å². The Balaban J connectivity index is 2.39. The molecule has 0 bridgehead atoms. The van der Waals surface area contributed by atoms with E-state index in [0.29, 0.717) is 0 Å². The van der Waals surface area contributed by atoms with Gasteiger partial charge in [0.25, 0.3) is 5.91 Å². The topological polar surface area (TPSA) is 38.3 Å². The third-order valence-electron chi connectivity index (χ3n) is 2.02. The summed E-state index contributed by atoms with van der Waals surface area (Å²) in [7, 11) is 0. The van der Waals surface area contributed by atoms with Gasteiger partial charge in [0.1, 0.15) is 5.75 Å². The highest BCUT2D eigenvalue weighted by Gasteiger charge is 2.27. The van der Waals surface area contributed by atoms with E-state index >= 15 is 0 Å². The lowest BCUT2D eigenvalue weighted by molar-refractivity contribution is -0.118. The molecular weight excluding hydrogens is 210 g/mol. The summed E-state index contributed by atoms with van der Waals surface area (Å²) in [4.78, 5) is 10.9. The van der Waals surface area contributed by atoms with Gasteiger partial charge >= 0.3 is 6.98 Å². The van der Waals surface area contributed by atoms with Gasteiger partial charge in [-0.1, -0.05) is 6.07 Å². The van der Waals surface area contributed by atoms with Crippen molar-refractivity contribution < 1.29 is 22.5 Å². The van der Waals surface area contributed by atoms with Gasteiger partial charge in [-0.3, -0.25) is 4.79 Å². The van der Waals surface area contributed by atoms with Gasteiger partial charge in [0.05, 0.1) is 5.69 Å². The summed E-state index contributed by atoms with van der Waals surface area (Å²) in [6.07, 6.45) is 0. The van der Waals surface area contributed by atoms with Crippen molar-refractivity contribution in [2.24, 2.45) is 0 Å². The van der Waals surface area contributed by atoms with Crippen LogP contribution in [-0.2, 0) is 4.79 Å². The first-order valence-corrected chi connectivity index (χ1v) is 4.23. The van der Waals surface area contributed by atoms with E-state index in [2.05, 4.69) is 5.32 Å². The summed E-state index contributed by atoms with van der Waals surface area (Å²) >= 11 is 0. The van der Waals surface area contributed by atoms with Crippen LogP contribution in [0.3, 0.4) is 0 Å². The van der Waals surface area contributed by atoms with Gasteiger partial charge in [-0.05, 0) is 12.1 Å². The first kappa shape index (κ1) is 9.88. The molecule has 1 aromatic carbocycles. The number of halogens is 3. The van der Waals surface area contributed by atoms with Crippen LogP contribution in [0.4, 0.5) is 18.6 Å². The molecule has 80 valence electrons. The number of carbonyl (C=O) groups excluding carboxylic acids is 1. The lowest BCUT2D eigenvalue weighted by atomic mass is 9.80. The minimum Gasteiger partial charge on any atom is -0.482 e. The third-order valence-corrected chi connectivity index (χ3v) is 2.02. The molecule has 1 aliphatic heterocycles. The van der Waals surface area contributed by atoms with Crippen LogP contribution in [0.15, 0.2) is 18.2 Å². The summed E-state index contributed by atoms with van der Waals surface area (Å²) in [5.74, 6) is -0.306. The smallest absolute Gasteiger partial charge is 0.482 e. The standard InChI is InChI=1S/C8H6BF3NO2/c10-9(11,12)5-1-2-6-7(3-5)15-4-8(14)13-6/h1-3H,4H2,(H,13,14)/q-1. The highest BCUT2D eigenvalue weighted by atomic mass is 19.4. The molecule has 0 aromatic heterocycles. The van der Waals surface area contributed by atoms with E-state index in [4.69, 9.17) is 4.74 Å². The zero-order chi connectivity index (χ0) is 11.1. The molecule has 0 saturated heterocycles. The minimum absolute atomic E-state index is 0.0614. The van der Waals surface area contributed by atoms with E-state index in [0.717, 1.165) is 12.1 Å². The zero-order valence-electron chi connectivity index (χ0n) is 7.47. The molecule has 3 nitrogen and oxygen atoms in total. The number of nitrogens with one attached hydrogen (secondary N) is 1. The normalized spacial score (nSPS) is 15.3. The van der Waals surface area contributed by atoms with E-state index < -0.39 is 12.4 Å². The predicted octanol–water partition coefficient (Wildman–Crippen LogP) is 1.07. The van der Waals surface area contributed by atoms with Crippen molar-refractivity contribution in [2.75, 3.05) is 11.9 Å². The Morgan fingerprint density at radius 3 is 2.73 bits per heavy atom. The number of carbonyl (C=O) groups is 1. The lowest BCUT2D eigenvalue weighted by Gasteiger charge is -2.21. The Labute approximate surface area is 83.3 Å². The average molecular weight is 216 g/mol. The van der Waals surface area contributed by atoms with Gasteiger partial charge in [0.15, 0.2) is 6.61 Å². The number of hydrogen-bond acceptors (Lipinski definition) is 2. The Bertz CT molecular complexity index is 419. The summed E-state index contributed by atoms with van der Waals surface area (Å²) in [5, 5.41) is 2.41. The van der Waals surface area contributed by atoms with E-state index in [1.807, 2.05) is 0 Å². The summed E-state index contributed by atoms with van der Waals surface area (Å²) in [6.45, 7) is -5.28. The molecule has 1 amide bonds. The molecule has 7 heteroatoms. The maximum atomic E-state index is 12.4. The maximum absolute atomic E-state index is 12.4. The molecule has 0 radical (unpaired) electrons. The van der Waals surface area contributed by atoms with Crippen LogP contribution >= 0.6 is 0 Å². The molecular formula is C8H6BF3NO2-. The van der Waals surface area contributed by atoms with Crippen molar-refractivity contribution in [2.45, 2.75) is 0 Å². The number of amides is 1. The van der Waals surface area contributed by atoms with Crippen LogP contribution in [0.2, 0.25) is 0 Å². The maximum Gasteiger partial charge on any atom is 0.509 e. The molecule has 1 aliphatic rings. The van der Waals surface area contributed by atoms with Gasteiger partial charge in [0.2, 0.25) is 0 Å². The largest absolute Gasteiger partial charge is 0.509 e. The number of rotatable bonds is 1. The fourth-order valence-electron chi connectivity index (χ4n) is 1.29. The molecule has 1 aromatic rings. The van der Waals surface area contributed by atoms with Crippen LogP contribution in [0.5, 0.6) is 5.75 Å². The summed E-state index contributed by atoms with van der Waals surface area (Å²) in [5.41, 5.74) is -0.458. The monoisotopic (exact) mass is 216 g/mol. The average Bonchev–Trinajstić information content (AvgIpc) is 2.15. The van der Waals surface area contributed by atoms with E-state index in [-0.39, 0.29) is 24.0 Å². The van der Waals surface area contributed by atoms with Crippen LogP contribution in [0.1, 0.15) is 0 Å². The highest BCUT2D eigenvalue weighted by Crippen LogP contribution is 2.27. The highest BCUT2D eigenvalue weighted by molar-refractivity contribution is 6.73. The van der Waals surface area contributed by atoms with Crippen molar-refractivity contribution in [3.05, 3.63) is 18.2 Å².